The van der Waals surface area contributed by atoms with Gasteiger partial charge in [-0.15, -0.1) is 11.6 Å². The van der Waals surface area contributed by atoms with Crippen LogP contribution in [0.5, 0.6) is 0 Å². The fraction of sp³-hybridized carbons (Fsp3) is 0.438. The number of hydrogen-bond donors (Lipinski definition) is 1. The van der Waals surface area contributed by atoms with Crippen molar-refractivity contribution < 1.29 is 9.21 Å². The van der Waals surface area contributed by atoms with Crippen LogP contribution in [0.3, 0.4) is 0 Å². The molecule has 0 bridgehead atoms. The minimum absolute atomic E-state index is 0.0310. The van der Waals surface area contributed by atoms with Gasteiger partial charge in [0.15, 0.2) is 0 Å². The summed E-state index contributed by atoms with van der Waals surface area (Å²) in [5.41, 5.74) is 1.28. The van der Waals surface area contributed by atoms with E-state index in [1.807, 2.05) is 24.3 Å². The second-order valence-electron chi connectivity index (χ2n) is 5.17. The van der Waals surface area contributed by atoms with Gasteiger partial charge in [-0.05, 0) is 18.9 Å². The molecule has 0 aliphatic heterocycles. The van der Waals surface area contributed by atoms with Crippen LogP contribution in [0.15, 0.2) is 34.9 Å². The summed E-state index contributed by atoms with van der Waals surface area (Å²) in [7, 11) is 0. The predicted molar refractivity (Wildman–Crippen MR) is 82.3 cm³/mol. The molecule has 1 aromatic heterocycles. The molecule has 0 spiro atoms. The van der Waals surface area contributed by atoms with Gasteiger partial charge in [0.2, 0.25) is 0 Å². The summed E-state index contributed by atoms with van der Waals surface area (Å²) in [6.07, 6.45) is 3.40. The molecule has 2 aromatic rings. The molecule has 2 rings (SSSR count). The summed E-state index contributed by atoms with van der Waals surface area (Å²) in [6, 6.07) is 7.53. The molecule has 20 heavy (non-hydrogen) atoms. The van der Waals surface area contributed by atoms with Crippen molar-refractivity contribution in [1.29, 1.82) is 0 Å². The number of benzene rings is 1. The Morgan fingerprint density at radius 2 is 2.00 bits per heavy atom. The quantitative estimate of drug-likeness (QED) is 0.811. The lowest BCUT2D eigenvalue weighted by molar-refractivity contribution is 0.0932. The lowest BCUT2D eigenvalue weighted by Gasteiger charge is -2.29. The zero-order chi connectivity index (χ0) is 14.6. The van der Waals surface area contributed by atoms with Crippen molar-refractivity contribution in [3.05, 3.63) is 36.1 Å². The van der Waals surface area contributed by atoms with Crippen LogP contribution in [0, 0.1) is 5.41 Å². The van der Waals surface area contributed by atoms with Gasteiger partial charge in [0.1, 0.15) is 11.8 Å². The molecule has 3 nitrogen and oxygen atoms in total. The zero-order valence-electron chi connectivity index (χ0n) is 11.9. The number of halogens is 1. The standard InChI is InChI=1S/C16H20ClNO2/c1-3-16(4-2,10-17)11-18-15(19)13-9-20-14-8-6-5-7-12(13)14/h5-9H,3-4,10-11H2,1-2H3,(H,18,19). The van der Waals surface area contributed by atoms with Crippen molar-refractivity contribution in [2.45, 2.75) is 26.7 Å². The molecular formula is C16H20ClNO2. The third-order valence-corrected chi connectivity index (χ3v) is 4.70. The van der Waals surface area contributed by atoms with Crippen molar-refractivity contribution >= 4 is 28.5 Å². The largest absolute Gasteiger partial charge is 0.463 e. The Labute approximate surface area is 124 Å². The summed E-state index contributed by atoms with van der Waals surface area (Å²) in [5, 5.41) is 3.83. The van der Waals surface area contributed by atoms with Crippen LogP contribution < -0.4 is 5.32 Å². The van der Waals surface area contributed by atoms with Crippen molar-refractivity contribution in [1.82, 2.24) is 5.32 Å². The summed E-state index contributed by atoms with van der Waals surface area (Å²) in [4.78, 5) is 12.3. The molecule has 0 aliphatic carbocycles. The van der Waals surface area contributed by atoms with E-state index >= 15 is 0 Å². The van der Waals surface area contributed by atoms with Gasteiger partial charge in [0.25, 0.3) is 5.91 Å². The maximum atomic E-state index is 12.3. The van der Waals surface area contributed by atoms with E-state index in [0.717, 1.165) is 23.8 Å². The Morgan fingerprint density at radius 1 is 1.30 bits per heavy atom. The van der Waals surface area contributed by atoms with E-state index in [1.54, 1.807) is 0 Å². The summed E-state index contributed by atoms with van der Waals surface area (Å²) >= 11 is 6.06. The number of fused-ring (bicyclic) bond motifs is 1. The molecule has 4 heteroatoms. The van der Waals surface area contributed by atoms with Gasteiger partial charge in [-0.3, -0.25) is 4.79 Å². The van der Waals surface area contributed by atoms with Gasteiger partial charge in [-0.25, -0.2) is 0 Å². The average Bonchev–Trinajstić information content (AvgIpc) is 2.93. The highest BCUT2D eigenvalue weighted by atomic mass is 35.5. The predicted octanol–water partition coefficient (Wildman–Crippen LogP) is 4.21. The monoisotopic (exact) mass is 293 g/mol. The molecule has 0 unspecified atom stereocenters. The normalized spacial score (nSPS) is 11.8. The molecular weight excluding hydrogens is 274 g/mol. The van der Waals surface area contributed by atoms with Crippen LogP contribution in [0.1, 0.15) is 37.0 Å². The maximum absolute atomic E-state index is 12.3. The van der Waals surface area contributed by atoms with Gasteiger partial charge in [0, 0.05) is 23.2 Å². The number of para-hydroxylation sites is 1. The molecule has 0 saturated heterocycles. The summed E-state index contributed by atoms with van der Waals surface area (Å²) in [6.45, 7) is 4.79. The number of alkyl halides is 1. The molecule has 0 radical (unpaired) electrons. The Kier molecular flexibility index (Phi) is 4.71. The maximum Gasteiger partial charge on any atom is 0.255 e. The van der Waals surface area contributed by atoms with Gasteiger partial charge < -0.3 is 9.73 Å². The number of carbonyl (C=O) groups is 1. The first-order valence-electron chi connectivity index (χ1n) is 6.96. The molecule has 108 valence electrons. The smallest absolute Gasteiger partial charge is 0.255 e. The molecule has 1 aromatic carbocycles. The molecule has 0 fully saturated rings. The van der Waals surface area contributed by atoms with Gasteiger partial charge >= 0.3 is 0 Å². The first kappa shape index (κ1) is 14.9. The number of carbonyl (C=O) groups excluding carboxylic acids is 1. The number of hydrogen-bond acceptors (Lipinski definition) is 2. The first-order chi connectivity index (χ1) is 9.65. The van der Waals surface area contributed by atoms with Crippen molar-refractivity contribution in [3.63, 3.8) is 0 Å². The van der Waals surface area contributed by atoms with E-state index in [4.69, 9.17) is 16.0 Å². The number of nitrogens with one attached hydrogen (secondary N) is 1. The Hall–Kier alpha value is -1.48. The van der Waals surface area contributed by atoms with Gasteiger partial charge in [-0.1, -0.05) is 32.0 Å². The summed E-state index contributed by atoms with van der Waals surface area (Å²) < 4.78 is 5.39. The third kappa shape index (κ3) is 2.83. The highest BCUT2D eigenvalue weighted by molar-refractivity contribution is 6.18. The number of furan rings is 1. The van der Waals surface area contributed by atoms with Gasteiger partial charge in [-0.2, -0.15) is 0 Å². The van der Waals surface area contributed by atoms with Crippen LogP contribution in [0.4, 0.5) is 0 Å². The van der Waals surface area contributed by atoms with Crippen LogP contribution in [-0.2, 0) is 0 Å². The van der Waals surface area contributed by atoms with Crippen LogP contribution >= 0.6 is 11.6 Å². The van der Waals surface area contributed by atoms with Crippen molar-refractivity contribution in [2.24, 2.45) is 5.41 Å². The van der Waals surface area contributed by atoms with E-state index in [1.165, 1.54) is 6.26 Å². The van der Waals surface area contributed by atoms with E-state index in [2.05, 4.69) is 19.2 Å². The van der Waals surface area contributed by atoms with Crippen LogP contribution in [0.2, 0.25) is 0 Å². The highest BCUT2D eigenvalue weighted by Crippen LogP contribution is 2.27. The van der Waals surface area contributed by atoms with E-state index in [9.17, 15) is 4.79 Å². The SMILES string of the molecule is CCC(CC)(CCl)CNC(=O)c1coc2ccccc12. The Balaban J connectivity index is 2.13. The lowest BCUT2D eigenvalue weighted by atomic mass is 9.84. The van der Waals surface area contributed by atoms with Crippen molar-refractivity contribution in [2.75, 3.05) is 12.4 Å². The lowest BCUT2D eigenvalue weighted by Crippen LogP contribution is -2.38. The second-order valence-corrected chi connectivity index (χ2v) is 5.44. The van der Waals surface area contributed by atoms with Gasteiger partial charge in [0.05, 0.1) is 5.56 Å². The molecule has 0 saturated carbocycles. The van der Waals surface area contributed by atoms with E-state index in [-0.39, 0.29) is 11.3 Å². The third-order valence-electron chi connectivity index (χ3n) is 4.13. The number of rotatable bonds is 6. The van der Waals surface area contributed by atoms with Crippen molar-refractivity contribution in [3.8, 4) is 0 Å². The van der Waals surface area contributed by atoms with E-state index < -0.39 is 0 Å². The topological polar surface area (TPSA) is 42.2 Å². The molecule has 1 N–H and O–H groups in total. The molecule has 1 amide bonds. The minimum atomic E-state index is -0.105. The summed E-state index contributed by atoms with van der Waals surface area (Å²) in [5.74, 6) is 0.443. The molecule has 0 aliphatic rings. The average molecular weight is 294 g/mol. The van der Waals surface area contributed by atoms with E-state index in [0.29, 0.717) is 18.0 Å². The second kappa shape index (κ2) is 6.31. The Morgan fingerprint density at radius 3 is 2.65 bits per heavy atom. The van der Waals surface area contributed by atoms with Crippen LogP contribution in [0.25, 0.3) is 11.0 Å². The molecule has 0 atom stereocenters. The fourth-order valence-electron chi connectivity index (χ4n) is 2.25. The molecule has 1 heterocycles. The Bertz CT molecular complexity index is 579. The first-order valence-corrected chi connectivity index (χ1v) is 7.49. The fourth-order valence-corrected chi connectivity index (χ4v) is 2.73. The zero-order valence-corrected chi connectivity index (χ0v) is 12.7. The highest BCUT2D eigenvalue weighted by Gasteiger charge is 2.26. The van der Waals surface area contributed by atoms with Crippen LogP contribution in [-0.4, -0.2) is 18.3 Å². The minimum Gasteiger partial charge on any atom is -0.463 e. The number of amides is 1.